The minimum absolute atomic E-state index is 0.0253. The number of aliphatic hydroxyl groups excluding tert-OH is 1. The van der Waals surface area contributed by atoms with Gasteiger partial charge in [0.2, 0.25) is 5.91 Å². The van der Waals surface area contributed by atoms with Gasteiger partial charge in [0.1, 0.15) is 0 Å². The Kier molecular flexibility index (Phi) is 5.60. The van der Waals surface area contributed by atoms with Gasteiger partial charge in [0.05, 0.1) is 18.6 Å². The largest absolute Gasteiger partial charge is 0.389 e. The molecule has 0 saturated carbocycles. The zero-order valence-electron chi connectivity index (χ0n) is 9.16. The summed E-state index contributed by atoms with van der Waals surface area (Å²) in [6, 6.07) is 0. The van der Waals surface area contributed by atoms with Crippen LogP contribution in [0, 0.1) is 5.92 Å². The van der Waals surface area contributed by atoms with Gasteiger partial charge >= 0.3 is 0 Å². The number of aliphatic hydroxyl groups is 1. The first-order valence-corrected chi connectivity index (χ1v) is 5.39. The lowest BCUT2D eigenvalue weighted by molar-refractivity contribution is -0.126. The average Bonchev–Trinajstić information content (AvgIpc) is 2.27. The summed E-state index contributed by atoms with van der Waals surface area (Å²) in [5.41, 5.74) is 0. The smallest absolute Gasteiger partial charge is 0.224 e. The van der Waals surface area contributed by atoms with E-state index in [0.29, 0.717) is 0 Å². The molecule has 1 rings (SSSR count). The SMILES string of the molecule is COCC(O)CNC(=O)C1CCCNC1. The second kappa shape index (κ2) is 6.76. The summed E-state index contributed by atoms with van der Waals surface area (Å²) in [7, 11) is 1.52. The van der Waals surface area contributed by atoms with Gasteiger partial charge < -0.3 is 20.5 Å². The zero-order chi connectivity index (χ0) is 11.1. The van der Waals surface area contributed by atoms with Crippen molar-refractivity contribution in [2.75, 3.05) is 33.4 Å². The van der Waals surface area contributed by atoms with Gasteiger partial charge in [-0.3, -0.25) is 4.79 Å². The van der Waals surface area contributed by atoms with Crippen LogP contribution in [0.4, 0.5) is 0 Å². The molecule has 0 radical (unpaired) electrons. The zero-order valence-corrected chi connectivity index (χ0v) is 9.16. The van der Waals surface area contributed by atoms with E-state index < -0.39 is 6.10 Å². The van der Waals surface area contributed by atoms with Crippen molar-refractivity contribution in [1.82, 2.24) is 10.6 Å². The maximum Gasteiger partial charge on any atom is 0.224 e. The Morgan fingerprint density at radius 2 is 2.53 bits per heavy atom. The number of carbonyl (C=O) groups excluding carboxylic acids is 1. The van der Waals surface area contributed by atoms with Crippen LogP contribution in [0.3, 0.4) is 0 Å². The average molecular weight is 216 g/mol. The van der Waals surface area contributed by atoms with Crippen molar-refractivity contribution in [3.05, 3.63) is 0 Å². The highest BCUT2D eigenvalue weighted by molar-refractivity contribution is 5.78. The molecule has 1 heterocycles. The van der Waals surface area contributed by atoms with E-state index >= 15 is 0 Å². The highest BCUT2D eigenvalue weighted by atomic mass is 16.5. The summed E-state index contributed by atoms with van der Waals surface area (Å²) in [5, 5.41) is 15.2. The molecule has 3 N–H and O–H groups in total. The van der Waals surface area contributed by atoms with Crippen LogP contribution in [0.2, 0.25) is 0 Å². The third-order valence-electron chi connectivity index (χ3n) is 2.54. The molecule has 88 valence electrons. The van der Waals surface area contributed by atoms with Crippen molar-refractivity contribution < 1.29 is 14.6 Å². The molecule has 5 heteroatoms. The fourth-order valence-electron chi connectivity index (χ4n) is 1.69. The number of hydrogen-bond donors (Lipinski definition) is 3. The van der Waals surface area contributed by atoms with Crippen LogP contribution < -0.4 is 10.6 Å². The van der Waals surface area contributed by atoms with Crippen molar-refractivity contribution in [2.24, 2.45) is 5.92 Å². The van der Waals surface area contributed by atoms with E-state index in [1.165, 1.54) is 7.11 Å². The molecule has 2 atom stereocenters. The molecule has 0 bridgehead atoms. The van der Waals surface area contributed by atoms with Gasteiger partial charge in [0, 0.05) is 20.2 Å². The van der Waals surface area contributed by atoms with Gasteiger partial charge in [-0.05, 0) is 19.4 Å². The van der Waals surface area contributed by atoms with E-state index in [-0.39, 0.29) is 25.0 Å². The summed E-state index contributed by atoms with van der Waals surface area (Å²) in [6.45, 7) is 2.26. The molecule has 0 aliphatic carbocycles. The number of hydrogen-bond acceptors (Lipinski definition) is 4. The van der Waals surface area contributed by atoms with Crippen LogP contribution in [0.1, 0.15) is 12.8 Å². The normalized spacial score (nSPS) is 23.5. The molecular formula is C10H20N2O3. The predicted octanol–water partition coefficient (Wildman–Crippen LogP) is -0.890. The van der Waals surface area contributed by atoms with Gasteiger partial charge in [-0.25, -0.2) is 0 Å². The number of amides is 1. The Balaban J connectivity index is 2.16. The van der Waals surface area contributed by atoms with Gasteiger partial charge in [0.25, 0.3) is 0 Å². The Morgan fingerprint density at radius 3 is 3.13 bits per heavy atom. The molecule has 1 aliphatic heterocycles. The number of carbonyl (C=O) groups is 1. The quantitative estimate of drug-likeness (QED) is 0.557. The van der Waals surface area contributed by atoms with Gasteiger partial charge in [-0.1, -0.05) is 0 Å². The van der Waals surface area contributed by atoms with Gasteiger partial charge in [0.15, 0.2) is 0 Å². The standard InChI is InChI=1S/C10H20N2O3/c1-15-7-9(13)6-12-10(14)8-3-2-4-11-5-8/h8-9,11,13H,2-7H2,1H3,(H,12,14). The summed E-state index contributed by atoms with van der Waals surface area (Å²) in [4.78, 5) is 11.6. The summed E-state index contributed by atoms with van der Waals surface area (Å²) >= 11 is 0. The molecule has 15 heavy (non-hydrogen) atoms. The lowest BCUT2D eigenvalue weighted by atomic mass is 9.99. The minimum atomic E-state index is -0.615. The molecule has 1 aliphatic rings. The third kappa shape index (κ3) is 4.59. The maximum atomic E-state index is 11.6. The molecule has 2 unspecified atom stereocenters. The number of piperidine rings is 1. The topological polar surface area (TPSA) is 70.6 Å². The number of rotatable bonds is 5. The van der Waals surface area contributed by atoms with Crippen molar-refractivity contribution in [1.29, 1.82) is 0 Å². The minimum Gasteiger partial charge on any atom is -0.389 e. The Hall–Kier alpha value is -0.650. The van der Waals surface area contributed by atoms with Crippen molar-refractivity contribution >= 4 is 5.91 Å². The van der Waals surface area contributed by atoms with Crippen molar-refractivity contribution in [2.45, 2.75) is 18.9 Å². The predicted molar refractivity (Wildman–Crippen MR) is 56.5 cm³/mol. The molecular weight excluding hydrogens is 196 g/mol. The lowest BCUT2D eigenvalue weighted by Crippen LogP contribution is -2.43. The number of ether oxygens (including phenoxy) is 1. The third-order valence-corrected chi connectivity index (χ3v) is 2.54. The molecule has 1 amide bonds. The summed E-state index contributed by atoms with van der Waals surface area (Å²) < 4.78 is 4.77. The van der Waals surface area contributed by atoms with Crippen molar-refractivity contribution in [3.63, 3.8) is 0 Å². The Labute approximate surface area is 90.2 Å². The van der Waals surface area contributed by atoms with Gasteiger partial charge in [-0.15, -0.1) is 0 Å². The second-order valence-corrected chi connectivity index (χ2v) is 3.90. The van der Waals surface area contributed by atoms with Gasteiger partial charge in [-0.2, -0.15) is 0 Å². The monoisotopic (exact) mass is 216 g/mol. The highest BCUT2D eigenvalue weighted by Crippen LogP contribution is 2.09. The molecule has 0 aromatic rings. The fraction of sp³-hybridized carbons (Fsp3) is 0.900. The van der Waals surface area contributed by atoms with E-state index in [1.807, 2.05) is 0 Å². The van der Waals surface area contributed by atoms with Crippen LogP contribution in [-0.2, 0) is 9.53 Å². The first-order chi connectivity index (χ1) is 7.24. The number of methoxy groups -OCH3 is 1. The Bertz CT molecular complexity index is 193. The summed E-state index contributed by atoms with van der Waals surface area (Å²) in [6.07, 6.45) is 1.35. The molecule has 0 aromatic heterocycles. The van der Waals surface area contributed by atoms with Crippen LogP contribution in [0.5, 0.6) is 0 Å². The van der Waals surface area contributed by atoms with E-state index in [1.54, 1.807) is 0 Å². The molecule has 0 spiro atoms. The first kappa shape index (κ1) is 12.4. The second-order valence-electron chi connectivity index (χ2n) is 3.90. The van der Waals surface area contributed by atoms with Crippen molar-refractivity contribution in [3.8, 4) is 0 Å². The lowest BCUT2D eigenvalue weighted by Gasteiger charge is -2.22. The highest BCUT2D eigenvalue weighted by Gasteiger charge is 2.20. The molecule has 0 aromatic carbocycles. The summed E-state index contributed by atoms with van der Waals surface area (Å²) in [5.74, 6) is 0.0749. The van der Waals surface area contributed by atoms with Crippen LogP contribution in [0.25, 0.3) is 0 Å². The Morgan fingerprint density at radius 1 is 1.73 bits per heavy atom. The van der Waals surface area contributed by atoms with Crippen LogP contribution in [0.15, 0.2) is 0 Å². The van der Waals surface area contributed by atoms with Crippen LogP contribution in [-0.4, -0.2) is 50.5 Å². The first-order valence-electron chi connectivity index (χ1n) is 5.39. The van der Waals surface area contributed by atoms with E-state index in [2.05, 4.69) is 10.6 Å². The molecule has 1 saturated heterocycles. The molecule has 5 nitrogen and oxygen atoms in total. The van der Waals surface area contributed by atoms with Crippen LogP contribution >= 0.6 is 0 Å². The van der Waals surface area contributed by atoms with E-state index in [4.69, 9.17) is 4.74 Å². The van der Waals surface area contributed by atoms with E-state index in [0.717, 1.165) is 25.9 Å². The maximum absolute atomic E-state index is 11.6. The fourth-order valence-corrected chi connectivity index (χ4v) is 1.69. The van der Waals surface area contributed by atoms with E-state index in [9.17, 15) is 9.90 Å². The molecule has 1 fully saturated rings. The number of nitrogens with one attached hydrogen (secondary N) is 2.